The Morgan fingerprint density at radius 2 is 1.93 bits per heavy atom. The minimum Gasteiger partial charge on any atom is -0.497 e. The lowest BCUT2D eigenvalue weighted by Gasteiger charge is -2.46. The summed E-state index contributed by atoms with van der Waals surface area (Å²) in [6, 6.07) is 12.5. The number of carbonyl (C=O) groups is 2. The molecule has 0 spiro atoms. The van der Waals surface area contributed by atoms with Gasteiger partial charge in [-0.1, -0.05) is 0 Å². The molecule has 1 atom stereocenters. The van der Waals surface area contributed by atoms with E-state index in [1.165, 1.54) is 0 Å². The molecule has 2 aromatic carbocycles. The van der Waals surface area contributed by atoms with Crippen molar-refractivity contribution in [1.82, 2.24) is 4.90 Å². The van der Waals surface area contributed by atoms with Gasteiger partial charge in [0, 0.05) is 24.8 Å². The normalized spacial score (nSPS) is 18.6. The van der Waals surface area contributed by atoms with Crippen molar-refractivity contribution in [2.75, 3.05) is 30.9 Å². The summed E-state index contributed by atoms with van der Waals surface area (Å²) in [5, 5.41) is 2.89. The Kier molecular flexibility index (Phi) is 4.48. The number of methoxy groups -OCH3 is 1. The van der Waals surface area contributed by atoms with Crippen LogP contribution in [0.3, 0.4) is 0 Å². The maximum Gasteiger partial charge on any atom is 0.257 e. The second kappa shape index (κ2) is 6.95. The number of carbonyl (C=O) groups excluding carboxylic acids is 2. The summed E-state index contributed by atoms with van der Waals surface area (Å²) in [5.41, 5.74) is 2.72. The van der Waals surface area contributed by atoms with Crippen LogP contribution in [0.1, 0.15) is 40.0 Å². The average Bonchev–Trinajstić information content (AvgIpc) is 2.72. The Balaban J connectivity index is 1.59. The fraction of sp³-hybridized carbons (Fsp3) is 0.333. The lowest BCUT2D eigenvalue weighted by molar-refractivity contribution is 0.0589. The molecule has 6 nitrogen and oxygen atoms in total. The summed E-state index contributed by atoms with van der Waals surface area (Å²) in [6.07, 6.45) is 3.21. The van der Waals surface area contributed by atoms with Crippen LogP contribution in [0.4, 0.5) is 11.4 Å². The van der Waals surface area contributed by atoms with Gasteiger partial charge in [0.1, 0.15) is 11.9 Å². The number of rotatable bonds is 3. The third kappa shape index (κ3) is 3.12. The number of amides is 2. The van der Waals surface area contributed by atoms with Crippen LogP contribution in [0.25, 0.3) is 0 Å². The van der Waals surface area contributed by atoms with Crippen molar-refractivity contribution >= 4 is 23.2 Å². The molecule has 0 unspecified atom stereocenters. The zero-order valence-electron chi connectivity index (χ0n) is 15.6. The molecule has 27 heavy (non-hydrogen) atoms. The van der Waals surface area contributed by atoms with Crippen molar-refractivity contribution in [3.05, 3.63) is 53.6 Å². The summed E-state index contributed by atoms with van der Waals surface area (Å²) < 4.78 is 5.13. The molecule has 2 heterocycles. The van der Waals surface area contributed by atoms with Crippen molar-refractivity contribution in [3.63, 3.8) is 0 Å². The summed E-state index contributed by atoms with van der Waals surface area (Å²) in [7, 11) is 3.60. The number of nitrogens with one attached hydrogen (secondary N) is 1. The summed E-state index contributed by atoms with van der Waals surface area (Å²) in [6.45, 7) is 0.799. The van der Waals surface area contributed by atoms with E-state index >= 15 is 0 Å². The highest BCUT2D eigenvalue weighted by atomic mass is 16.5. The zero-order chi connectivity index (χ0) is 19.0. The third-order valence-electron chi connectivity index (χ3n) is 5.40. The standard InChI is InChI=1S/C21H23N3O3/c1-23-18-13-14(20(25)22-15-7-9-16(27-2)10-8-15)6-11-17(18)21(26)24-12-4-3-5-19(23)24/h6-11,13,19H,3-5,12H2,1-2H3,(H,22,25)/t19-/m1/s1. The first kappa shape index (κ1) is 17.4. The second-order valence-electron chi connectivity index (χ2n) is 7.00. The third-order valence-corrected chi connectivity index (χ3v) is 5.40. The van der Waals surface area contributed by atoms with Crippen LogP contribution >= 0.6 is 0 Å². The van der Waals surface area contributed by atoms with Crippen molar-refractivity contribution in [3.8, 4) is 5.75 Å². The maximum atomic E-state index is 12.8. The van der Waals surface area contributed by atoms with Crippen molar-refractivity contribution in [2.45, 2.75) is 25.4 Å². The fourth-order valence-electron chi connectivity index (χ4n) is 3.89. The second-order valence-corrected chi connectivity index (χ2v) is 7.00. The van der Waals surface area contributed by atoms with Crippen LogP contribution in [0.15, 0.2) is 42.5 Å². The van der Waals surface area contributed by atoms with Gasteiger partial charge < -0.3 is 19.9 Å². The molecule has 4 rings (SSSR count). The monoisotopic (exact) mass is 365 g/mol. The Hall–Kier alpha value is -3.02. The van der Waals surface area contributed by atoms with E-state index < -0.39 is 0 Å². The molecular weight excluding hydrogens is 342 g/mol. The first-order valence-electron chi connectivity index (χ1n) is 9.22. The molecule has 1 fully saturated rings. The van der Waals surface area contributed by atoms with Gasteiger partial charge in [0.2, 0.25) is 0 Å². The lowest BCUT2D eigenvalue weighted by Crippen LogP contribution is -2.55. The molecule has 2 aliphatic heterocycles. The molecule has 140 valence electrons. The van der Waals surface area contributed by atoms with Gasteiger partial charge in [0.05, 0.1) is 18.4 Å². The van der Waals surface area contributed by atoms with E-state index in [0.29, 0.717) is 16.8 Å². The van der Waals surface area contributed by atoms with E-state index in [-0.39, 0.29) is 18.0 Å². The van der Waals surface area contributed by atoms with Crippen LogP contribution in [0.5, 0.6) is 5.75 Å². The minimum atomic E-state index is -0.199. The van der Waals surface area contributed by atoms with E-state index in [2.05, 4.69) is 10.2 Å². The quantitative estimate of drug-likeness (QED) is 0.906. The predicted molar refractivity (Wildman–Crippen MR) is 104 cm³/mol. The van der Waals surface area contributed by atoms with Gasteiger partial charge in [-0.25, -0.2) is 0 Å². The summed E-state index contributed by atoms with van der Waals surface area (Å²) in [5.74, 6) is 0.601. The highest BCUT2D eigenvalue weighted by Crippen LogP contribution is 2.35. The maximum absolute atomic E-state index is 12.8. The highest BCUT2D eigenvalue weighted by Gasteiger charge is 2.37. The molecular formula is C21H23N3O3. The van der Waals surface area contributed by atoms with Gasteiger partial charge >= 0.3 is 0 Å². The molecule has 0 saturated carbocycles. The number of ether oxygens (including phenoxy) is 1. The Morgan fingerprint density at radius 3 is 2.67 bits per heavy atom. The molecule has 2 aromatic rings. The highest BCUT2D eigenvalue weighted by molar-refractivity contribution is 6.08. The number of anilines is 2. The van der Waals surface area contributed by atoms with E-state index in [9.17, 15) is 9.59 Å². The molecule has 0 bridgehead atoms. The summed E-state index contributed by atoms with van der Waals surface area (Å²) in [4.78, 5) is 29.6. The van der Waals surface area contributed by atoms with Gasteiger partial charge in [-0.2, -0.15) is 0 Å². The van der Waals surface area contributed by atoms with Gasteiger partial charge in [0.15, 0.2) is 0 Å². The molecule has 0 aromatic heterocycles. The molecule has 6 heteroatoms. The van der Waals surface area contributed by atoms with Crippen LogP contribution in [-0.4, -0.2) is 43.6 Å². The molecule has 1 N–H and O–H groups in total. The number of benzene rings is 2. The predicted octanol–water partition coefficient (Wildman–Crippen LogP) is 3.35. The van der Waals surface area contributed by atoms with Crippen LogP contribution in [0.2, 0.25) is 0 Å². The van der Waals surface area contributed by atoms with Gasteiger partial charge in [-0.15, -0.1) is 0 Å². The van der Waals surface area contributed by atoms with E-state index in [1.807, 2.05) is 18.0 Å². The van der Waals surface area contributed by atoms with Crippen LogP contribution < -0.4 is 15.0 Å². The van der Waals surface area contributed by atoms with Crippen LogP contribution in [0, 0.1) is 0 Å². The van der Waals surface area contributed by atoms with Gasteiger partial charge in [-0.05, 0) is 61.7 Å². The summed E-state index contributed by atoms with van der Waals surface area (Å²) >= 11 is 0. The molecule has 2 amide bonds. The molecule has 0 aliphatic carbocycles. The van der Waals surface area contributed by atoms with Gasteiger partial charge in [-0.3, -0.25) is 9.59 Å². The molecule has 2 aliphatic rings. The molecule has 1 saturated heterocycles. The zero-order valence-corrected chi connectivity index (χ0v) is 15.6. The van der Waals surface area contributed by atoms with E-state index in [0.717, 1.165) is 37.2 Å². The SMILES string of the molecule is COc1ccc(NC(=O)c2ccc3c(c2)N(C)[C@H]2CCCCN2C3=O)cc1. The Bertz CT molecular complexity index is 879. The van der Waals surface area contributed by atoms with E-state index in [4.69, 9.17) is 4.74 Å². The number of hydrogen-bond donors (Lipinski definition) is 1. The number of hydrogen-bond acceptors (Lipinski definition) is 4. The van der Waals surface area contributed by atoms with Crippen molar-refractivity contribution < 1.29 is 14.3 Å². The number of fused-ring (bicyclic) bond motifs is 2. The Morgan fingerprint density at radius 1 is 1.15 bits per heavy atom. The van der Waals surface area contributed by atoms with E-state index in [1.54, 1.807) is 43.5 Å². The van der Waals surface area contributed by atoms with Crippen molar-refractivity contribution in [2.24, 2.45) is 0 Å². The lowest BCUT2D eigenvalue weighted by atomic mass is 9.97. The van der Waals surface area contributed by atoms with Gasteiger partial charge in [0.25, 0.3) is 11.8 Å². The largest absolute Gasteiger partial charge is 0.497 e. The minimum absolute atomic E-state index is 0.0647. The smallest absolute Gasteiger partial charge is 0.257 e. The van der Waals surface area contributed by atoms with Crippen LogP contribution in [-0.2, 0) is 0 Å². The topological polar surface area (TPSA) is 61.9 Å². The fourth-order valence-corrected chi connectivity index (χ4v) is 3.89. The average molecular weight is 365 g/mol. The van der Waals surface area contributed by atoms with Crippen molar-refractivity contribution in [1.29, 1.82) is 0 Å². The Labute approximate surface area is 158 Å². The number of piperidine rings is 1. The molecule has 0 radical (unpaired) electrons. The first-order valence-corrected chi connectivity index (χ1v) is 9.22. The number of nitrogens with zero attached hydrogens (tertiary/aromatic N) is 2. The first-order chi connectivity index (χ1) is 13.1.